The SMILES string of the molecule is CN(C)CCNC(=O)Nc1c(C#N)[n+]([O-])c2cc(Cl)c(Cl)cc2[n+]1[O-]. The molecule has 1 aromatic carbocycles. The van der Waals surface area contributed by atoms with E-state index in [9.17, 15) is 20.5 Å². The van der Waals surface area contributed by atoms with E-state index in [4.69, 9.17) is 23.2 Å². The molecule has 2 aromatic rings. The number of anilines is 1. The Balaban J connectivity index is 2.46. The molecule has 0 saturated carbocycles. The average molecular weight is 385 g/mol. The van der Waals surface area contributed by atoms with Gasteiger partial charge in [0.15, 0.2) is 6.07 Å². The van der Waals surface area contributed by atoms with Gasteiger partial charge in [0.05, 0.1) is 10.0 Å². The first-order valence-electron chi connectivity index (χ1n) is 7.03. The summed E-state index contributed by atoms with van der Waals surface area (Å²) >= 11 is 11.7. The van der Waals surface area contributed by atoms with Crippen LogP contribution < -0.4 is 20.1 Å². The summed E-state index contributed by atoms with van der Waals surface area (Å²) in [5.41, 5.74) is -0.838. The van der Waals surface area contributed by atoms with Crippen LogP contribution in [0.25, 0.3) is 11.0 Å². The molecular weight excluding hydrogens is 371 g/mol. The van der Waals surface area contributed by atoms with E-state index in [-0.39, 0.29) is 30.5 Å². The van der Waals surface area contributed by atoms with E-state index < -0.39 is 17.5 Å². The van der Waals surface area contributed by atoms with E-state index in [1.165, 1.54) is 12.1 Å². The summed E-state index contributed by atoms with van der Waals surface area (Å²) in [6, 6.07) is 3.27. The highest BCUT2D eigenvalue weighted by molar-refractivity contribution is 6.42. The first-order valence-corrected chi connectivity index (χ1v) is 7.79. The van der Waals surface area contributed by atoms with Crippen molar-refractivity contribution in [2.45, 2.75) is 0 Å². The van der Waals surface area contributed by atoms with Gasteiger partial charge in [-0.3, -0.25) is 0 Å². The van der Waals surface area contributed by atoms with Crippen LogP contribution in [0.2, 0.25) is 10.0 Å². The summed E-state index contributed by atoms with van der Waals surface area (Å²) in [4.78, 5) is 13.8. The van der Waals surface area contributed by atoms with Crippen LogP contribution in [0.15, 0.2) is 12.1 Å². The molecule has 0 saturated heterocycles. The molecule has 0 spiro atoms. The number of amides is 2. The van der Waals surface area contributed by atoms with E-state index in [1.54, 1.807) is 6.07 Å². The molecular formula is C14H14Cl2N6O3. The maximum atomic E-state index is 12.5. The molecule has 1 aromatic heterocycles. The number of rotatable bonds is 4. The minimum absolute atomic E-state index is 0.0600. The molecule has 2 amide bonds. The second kappa shape index (κ2) is 7.57. The maximum absolute atomic E-state index is 12.5. The highest BCUT2D eigenvalue weighted by Gasteiger charge is 2.29. The predicted octanol–water partition coefficient (Wildman–Crippen LogP) is 0.968. The molecule has 0 bridgehead atoms. The fourth-order valence-electron chi connectivity index (χ4n) is 2.04. The minimum Gasteiger partial charge on any atom is -0.710 e. The number of nitrogens with zero attached hydrogens (tertiary/aromatic N) is 4. The van der Waals surface area contributed by atoms with Crippen molar-refractivity contribution in [2.75, 3.05) is 32.5 Å². The van der Waals surface area contributed by atoms with Gasteiger partial charge in [0.25, 0.3) is 5.52 Å². The first kappa shape index (κ1) is 18.8. The third-order valence-corrected chi connectivity index (χ3v) is 3.99. The zero-order chi connectivity index (χ0) is 18.7. The molecule has 11 heteroatoms. The second-order valence-corrected chi connectivity index (χ2v) is 6.15. The monoisotopic (exact) mass is 384 g/mol. The first-order chi connectivity index (χ1) is 11.8. The van der Waals surface area contributed by atoms with E-state index in [2.05, 4.69) is 10.6 Å². The van der Waals surface area contributed by atoms with Crippen LogP contribution in [0.1, 0.15) is 5.69 Å². The van der Waals surface area contributed by atoms with E-state index in [1.807, 2.05) is 19.0 Å². The lowest BCUT2D eigenvalue weighted by Gasteiger charge is -2.14. The zero-order valence-corrected chi connectivity index (χ0v) is 14.9. The van der Waals surface area contributed by atoms with Crippen LogP contribution in [0.5, 0.6) is 0 Å². The van der Waals surface area contributed by atoms with Crippen LogP contribution >= 0.6 is 23.2 Å². The van der Waals surface area contributed by atoms with Crippen molar-refractivity contribution in [3.05, 3.63) is 38.3 Å². The largest absolute Gasteiger partial charge is 0.710 e. The highest BCUT2D eigenvalue weighted by atomic mass is 35.5. The molecule has 0 fully saturated rings. The van der Waals surface area contributed by atoms with Crippen LogP contribution in [-0.2, 0) is 0 Å². The Morgan fingerprint density at radius 1 is 1.24 bits per heavy atom. The average Bonchev–Trinajstić information content (AvgIpc) is 2.54. The number of fused-ring (bicyclic) bond motifs is 1. The molecule has 0 atom stereocenters. The van der Waals surface area contributed by atoms with Crippen molar-refractivity contribution in [1.29, 1.82) is 5.26 Å². The molecule has 2 N–H and O–H groups in total. The van der Waals surface area contributed by atoms with E-state index >= 15 is 0 Å². The molecule has 0 aliphatic heterocycles. The number of hydrogen-bond donors (Lipinski definition) is 2. The summed E-state index contributed by atoms with van der Waals surface area (Å²) < 4.78 is 0.484. The number of carbonyl (C=O) groups excluding carboxylic acids is 1. The van der Waals surface area contributed by atoms with Crippen molar-refractivity contribution in [3.63, 3.8) is 0 Å². The van der Waals surface area contributed by atoms with Gasteiger partial charge in [-0.2, -0.15) is 10.6 Å². The van der Waals surface area contributed by atoms with Gasteiger partial charge in [0.1, 0.15) is 0 Å². The highest BCUT2D eigenvalue weighted by Crippen LogP contribution is 2.25. The van der Waals surface area contributed by atoms with Crippen LogP contribution in [0.3, 0.4) is 0 Å². The summed E-state index contributed by atoms with van der Waals surface area (Å²) in [5.74, 6) is -0.495. The fraction of sp³-hybridized carbons (Fsp3) is 0.286. The van der Waals surface area contributed by atoms with E-state index in [0.29, 0.717) is 13.1 Å². The van der Waals surface area contributed by atoms with Crippen molar-refractivity contribution in [1.82, 2.24) is 10.2 Å². The lowest BCUT2D eigenvalue weighted by molar-refractivity contribution is -0.620. The number of aromatic nitrogens is 2. The second-order valence-electron chi connectivity index (χ2n) is 5.34. The third-order valence-electron chi connectivity index (χ3n) is 3.27. The lowest BCUT2D eigenvalue weighted by Crippen LogP contribution is -2.46. The van der Waals surface area contributed by atoms with Gasteiger partial charge in [-0.05, 0) is 14.1 Å². The normalized spacial score (nSPS) is 10.7. The van der Waals surface area contributed by atoms with Crippen LogP contribution in [-0.4, -0.2) is 38.1 Å². The Kier molecular flexibility index (Phi) is 5.69. The number of nitrogens with one attached hydrogen (secondary N) is 2. The molecule has 132 valence electrons. The Hall–Kier alpha value is -2.54. The minimum atomic E-state index is -0.720. The summed E-state index contributed by atoms with van der Waals surface area (Å²) in [5, 5.41) is 38.9. The number of benzene rings is 1. The Bertz CT molecular complexity index is 881. The molecule has 0 aliphatic rings. The van der Waals surface area contributed by atoms with Gasteiger partial charge >= 0.3 is 17.5 Å². The Labute approximate surface area is 153 Å². The summed E-state index contributed by atoms with van der Waals surface area (Å²) in [6.07, 6.45) is 0. The van der Waals surface area contributed by atoms with Gasteiger partial charge in [0.2, 0.25) is 5.52 Å². The number of likely N-dealkylation sites (N-methyl/N-ethyl adjacent to an activating group) is 1. The quantitative estimate of drug-likeness (QED) is 0.600. The van der Waals surface area contributed by atoms with Crippen molar-refractivity contribution in [3.8, 4) is 6.07 Å². The number of urea groups is 1. The maximum Gasteiger partial charge on any atom is 0.406 e. The van der Waals surface area contributed by atoms with Crippen LogP contribution in [0, 0.1) is 21.7 Å². The predicted molar refractivity (Wildman–Crippen MR) is 92.2 cm³/mol. The number of hydrogen-bond acceptors (Lipinski definition) is 5. The van der Waals surface area contributed by atoms with Crippen molar-refractivity contribution >= 4 is 46.1 Å². The summed E-state index contributed by atoms with van der Waals surface area (Å²) in [7, 11) is 3.66. The van der Waals surface area contributed by atoms with Gasteiger partial charge in [0, 0.05) is 25.2 Å². The topological polar surface area (TPSA) is 122 Å². The van der Waals surface area contributed by atoms with Crippen LogP contribution in [0.4, 0.5) is 10.6 Å². The zero-order valence-electron chi connectivity index (χ0n) is 13.3. The van der Waals surface area contributed by atoms with Crippen molar-refractivity contribution in [2.24, 2.45) is 0 Å². The van der Waals surface area contributed by atoms with Gasteiger partial charge < -0.3 is 20.6 Å². The van der Waals surface area contributed by atoms with Crippen molar-refractivity contribution < 1.29 is 14.3 Å². The number of nitriles is 1. The fourth-order valence-corrected chi connectivity index (χ4v) is 2.35. The van der Waals surface area contributed by atoms with Gasteiger partial charge in [-0.1, -0.05) is 23.2 Å². The molecule has 1 heterocycles. The Morgan fingerprint density at radius 2 is 1.80 bits per heavy atom. The third kappa shape index (κ3) is 3.93. The number of halogens is 2. The standard InChI is InChI=1S/C14H14Cl2N6O3/c1-20(2)4-3-18-14(23)19-13-12(7-17)21(24)10-5-8(15)9(16)6-11(10)22(13)25/h5-6H,3-4H2,1-2H3,(H2,18,19,23). The molecule has 25 heavy (non-hydrogen) atoms. The molecule has 9 nitrogen and oxygen atoms in total. The molecule has 0 aliphatic carbocycles. The molecule has 0 radical (unpaired) electrons. The van der Waals surface area contributed by atoms with E-state index in [0.717, 1.165) is 0 Å². The molecule has 2 rings (SSSR count). The smallest absolute Gasteiger partial charge is 0.406 e. The van der Waals surface area contributed by atoms with Gasteiger partial charge in [-0.25, -0.2) is 9.52 Å². The summed E-state index contributed by atoms with van der Waals surface area (Å²) in [6.45, 7) is 0.884. The Morgan fingerprint density at radius 3 is 2.32 bits per heavy atom. The molecule has 0 unspecified atom stereocenters. The number of carbonyl (C=O) groups is 1. The van der Waals surface area contributed by atoms with Gasteiger partial charge in [-0.15, -0.1) is 4.73 Å². The lowest BCUT2D eigenvalue weighted by atomic mass is 10.2.